The number of hydrogen-bond donors (Lipinski definition) is 2. The highest BCUT2D eigenvalue weighted by Gasteiger charge is 2.60. The largest absolute Gasteiger partial charge is 0.481 e. The Morgan fingerprint density at radius 3 is 2.31 bits per heavy atom. The van der Waals surface area contributed by atoms with Gasteiger partial charge < -0.3 is 29.4 Å². The highest BCUT2D eigenvalue weighted by molar-refractivity contribution is 6.45. The highest BCUT2D eigenvalue weighted by Crippen LogP contribution is 2.44. The zero-order valence-electron chi connectivity index (χ0n) is 25.9. The molecule has 2 fully saturated rings. The number of amides is 2. The molecule has 0 radical (unpaired) electrons. The Morgan fingerprint density at radius 2 is 1.79 bits per heavy atom. The molecule has 4 atom stereocenters. The van der Waals surface area contributed by atoms with E-state index in [0.717, 1.165) is 5.56 Å². The minimum atomic E-state index is -1.93. The van der Waals surface area contributed by atoms with E-state index < -0.39 is 65.4 Å². The number of ether oxygens (including phenoxy) is 1. The van der Waals surface area contributed by atoms with Crippen LogP contribution in [0.2, 0.25) is 6.32 Å². The maximum atomic E-state index is 13.8. The number of rotatable bonds is 10. The van der Waals surface area contributed by atoms with E-state index in [0.29, 0.717) is 19.2 Å². The van der Waals surface area contributed by atoms with Crippen molar-refractivity contribution in [2.45, 2.75) is 115 Å². The second kappa shape index (κ2) is 12.5. The minimum absolute atomic E-state index is 0.0331. The smallest absolute Gasteiger partial charge is 0.457 e. The molecular weight excluding hydrogens is 541 g/mol. The molecule has 0 aromatic heterocycles. The Morgan fingerprint density at radius 1 is 1.19 bits per heavy atom. The molecule has 2 aliphatic heterocycles. The van der Waals surface area contributed by atoms with Crippen molar-refractivity contribution in [1.29, 1.82) is 0 Å². The molecule has 2 N–H and O–H groups in total. The van der Waals surface area contributed by atoms with Crippen molar-refractivity contribution in [2.24, 2.45) is 11.0 Å². The number of benzene rings is 1. The third kappa shape index (κ3) is 7.19. The fourth-order valence-electron chi connectivity index (χ4n) is 5.66. The van der Waals surface area contributed by atoms with E-state index in [9.17, 15) is 25.0 Å². The Labute approximate surface area is 248 Å². The average Bonchev–Trinajstić information content (AvgIpc) is 3.27. The molecule has 2 aliphatic rings. The molecule has 42 heavy (non-hydrogen) atoms. The molecule has 1 aromatic carbocycles. The van der Waals surface area contributed by atoms with Crippen molar-refractivity contribution in [2.75, 3.05) is 6.54 Å². The van der Waals surface area contributed by atoms with Crippen molar-refractivity contribution in [1.82, 2.24) is 10.2 Å². The normalized spacial score (nSPS) is 25.4. The number of carboxylic acid groups (broad SMARTS) is 1. The second-order valence-corrected chi connectivity index (χ2v) is 13.2. The van der Waals surface area contributed by atoms with Crippen molar-refractivity contribution >= 4 is 25.1 Å². The van der Waals surface area contributed by atoms with Gasteiger partial charge in [0.2, 0.25) is 5.91 Å². The van der Waals surface area contributed by atoms with Crippen LogP contribution in [0, 0.1) is 5.92 Å². The summed E-state index contributed by atoms with van der Waals surface area (Å²) in [5.74, 6) is -2.49. The van der Waals surface area contributed by atoms with Gasteiger partial charge in [-0.05, 0) is 85.6 Å². The molecule has 0 bridgehead atoms. The van der Waals surface area contributed by atoms with E-state index in [4.69, 9.17) is 14.0 Å². The summed E-state index contributed by atoms with van der Waals surface area (Å²) in [6.07, 6.45) is 0.746. The first kappa shape index (κ1) is 33.2. The van der Waals surface area contributed by atoms with E-state index in [1.54, 1.807) is 20.8 Å². The van der Waals surface area contributed by atoms with E-state index in [-0.39, 0.29) is 13.0 Å². The number of likely N-dealkylation sites (tertiary alicyclic amines) is 1. The lowest BCUT2D eigenvalue weighted by Crippen LogP contribution is -2.56. The predicted molar refractivity (Wildman–Crippen MR) is 158 cm³/mol. The van der Waals surface area contributed by atoms with Gasteiger partial charge in [-0.1, -0.05) is 41.9 Å². The SMILES string of the molecule is CC(NC(=O)OC(C)(C)C)C(=O)N1C[C@H](CCCB2OC(C)(C)C(C)(C)O2)[C@](N=[N+]=[N-])(C(=O)O)C1Cc1ccccc1. The van der Waals surface area contributed by atoms with Crippen LogP contribution in [0.15, 0.2) is 35.4 Å². The van der Waals surface area contributed by atoms with Gasteiger partial charge >= 0.3 is 19.2 Å². The fourth-order valence-corrected chi connectivity index (χ4v) is 5.66. The first-order valence-electron chi connectivity index (χ1n) is 14.4. The number of aliphatic carboxylic acids is 1. The second-order valence-electron chi connectivity index (χ2n) is 13.2. The van der Waals surface area contributed by atoms with Gasteiger partial charge in [0.25, 0.3) is 0 Å². The van der Waals surface area contributed by atoms with Gasteiger partial charge in [-0.3, -0.25) is 9.59 Å². The molecule has 0 aliphatic carbocycles. The molecule has 3 rings (SSSR count). The van der Waals surface area contributed by atoms with E-state index in [2.05, 4.69) is 15.3 Å². The monoisotopic (exact) mass is 585 g/mol. The molecule has 0 spiro atoms. The summed E-state index contributed by atoms with van der Waals surface area (Å²) in [6.45, 7) is 14.5. The van der Waals surface area contributed by atoms with Crippen molar-refractivity contribution in [3.05, 3.63) is 46.3 Å². The number of carbonyl (C=O) groups is 3. The fraction of sp³-hybridized carbons (Fsp3) is 0.690. The van der Waals surface area contributed by atoms with Crippen LogP contribution in [-0.4, -0.2) is 76.1 Å². The molecular formula is C29H44BN5O7. The molecule has 230 valence electrons. The van der Waals surface area contributed by atoms with Crippen LogP contribution in [0.5, 0.6) is 0 Å². The zero-order valence-corrected chi connectivity index (χ0v) is 25.9. The molecule has 0 saturated carbocycles. The number of alkyl carbamates (subject to hydrolysis) is 1. The van der Waals surface area contributed by atoms with Crippen molar-refractivity contribution < 1.29 is 33.5 Å². The maximum Gasteiger partial charge on any atom is 0.457 e. The Kier molecular flexibility index (Phi) is 9.91. The lowest BCUT2D eigenvalue weighted by atomic mass is 9.75. The Balaban J connectivity index is 1.90. The van der Waals surface area contributed by atoms with Crippen LogP contribution in [0.3, 0.4) is 0 Å². The van der Waals surface area contributed by atoms with E-state index in [1.807, 2.05) is 58.0 Å². The van der Waals surface area contributed by atoms with Gasteiger partial charge in [-0.15, -0.1) is 0 Å². The highest BCUT2D eigenvalue weighted by atomic mass is 16.7. The Bertz CT molecular complexity index is 1180. The third-order valence-electron chi connectivity index (χ3n) is 8.43. The van der Waals surface area contributed by atoms with Gasteiger partial charge in [0.15, 0.2) is 5.54 Å². The zero-order chi connectivity index (χ0) is 31.5. The third-order valence-corrected chi connectivity index (χ3v) is 8.43. The lowest BCUT2D eigenvalue weighted by molar-refractivity contribution is -0.146. The predicted octanol–water partition coefficient (Wildman–Crippen LogP) is 4.98. The molecule has 12 nitrogen and oxygen atoms in total. The first-order chi connectivity index (χ1) is 19.4. The summed E-state index contributed by atoms with van der Waals surface area (Å²) in [5.41, 5.74) is 6.69. The van der Waals surface area contributed by atoms with Gasteiger partial charge in [0.1, 0.15) is 11.6 Å². The summed E-state index contributed by atoms with van der Waals surface area (Å²) >= 11 is 0. The molecule has 2 unspecified atom stereocenters. The number of hydrogen-bond acceptors (Lipinski definition) is 7. The van der Waals surface area contributed by atoms with Gasteiger partial charge in [-0.2, -0.15) is 0 Å². The van der Waals surface area contributed by atoms with Crippen LogP contribution in [0.1, 0.15) is 73.8 Å². The van der Waals surface area contributed by atoms with E-state index >= 15 is 0 Å². The van der Waals surface area contributed by atoms with Gasteiger partial charge in [0.05, 0.1) is 17.2 Å². The van der Waals surface area contributed by atoms with Crippen LogP contribution in [0.25, 0.3) is 10.4 Å². The number of carboxylic acids is 1. The van der Waals surface area contributed by atoms with Crippen LogP contribution in [-0.2, 0) is 30.1 Å². The summed E-state index contributed by atoms with van der Waals surface area (Å²) in [7, 11) is -0.467. The number of carbonyl (C=O) groups excluding carboxylic acids is 2. The minimum Gasteiger partial charge on any atom is -0.481 e. The molecule has 2 heterocycles. The number of nitrogens with one attached hydrogen (secondary N) is 1. The molecule has 1 aromatic rings. The summed E-state index contributed by atoms with van der Waals surface area (Å²) in [6, 6.07) is 7.13. The molecule has 13 heteroatoms. The van der Waals surface area contributed by atoms with Gasteiger partial charge in [-0.25, -0.2) is 4.79 Å². The standard InChI is InChI=1S/C29H44BN5O7/c1-19(32-25(39)40-26(2,3)4)23(36)35-18-21(15-12-16-30-41-27(5,6)28(7,8)42-30)29(24(37)38,33-34-31)22(35)17-20-13-10-9-11-14-20/h9-11,13-14,19,21-22H,12,15-18H2,1-8H3,(H,32,39)(H,37,38)/t19?,21-,22?,29+/m0/s1. The number of nitrogens with zero attached hydrogens (tertiary/aromatic N) is 4. The lowest BCUT2D eigenvalue weighted by Gasteiger charge is -2.34. The van der Waals surface area contributed by atoms with Crippen LogP contribution >= 0.6 is 0 Å². The quantitative estimate of drug-likeness (QED) is 0.169. The average molecular weight is 586 g/mol. The van der Waals surface area contributed by atoms with Crippen molar-refractivity contribution in [3.8, 4) is 0 Å². The molecule has 2 amide bonds. The maximum absolute atomic E-state index is 13.8. The van der Waals surface area contributed by atoms with Crippen molar-refractivity contribution in [3.63, 3.8) is 0 Å². The van der Waals surface area contributed by atoms with Crippen LogP contribution in [0.4, 0.5) is 4.79 Å². The summed E-state index contributed by atoms with van der Waals surface area (Å²) in [4.78, 5) is 43.7. The topological polar surface area (TPSA) is 163 Å². The van der Waals surface area contributed by atoms with E-state index in [1.165, 1.54) is 11.8 Å². The number of azide groups is 1. The Hall–Kier alpha value is -3.28. The first-order valence-corrected chi connectivity index (χ1v) is 14.4. The van der Waals surface area contributed by atoms with Crippen LogP contribution < -0.4 is 5.32 Å². The summed E-state index contributed by atoms with van der Waals surface area (Å²) < 4.78 is 17.5. The van der Waals surface area contributed by atoms with Gasteiger partial charge in [0, 0.05) is 17.4 Å². The molecule has 2 saturated heterocycles. The summed E-state index contributed by atoms with van der Waals surface area (Å²) in [5, 5.41) is 17.1.